The molecule has 0 N–H and O–H groups in total. The summed E-state index contributed by atoms with van der Waals surface area (Å²) in [6.45, 7) is 11.6. The topological polar surface area (TPSA) is 86.3 Å². The molecule has 9 nitrogen and oxygen atoms in total. The summed E-state index contributed by atoms with van der Waals surface area (Å²) < 4.78 is 23.1. The Morgan fingerprint density at radius 2 is 1.92 bits per heavy atom. The number of hydrogen-bond donors (Lipinski definition) is 0. The minimum absolute atomic E-state index is 0.227. The van der Waals surface area contributed by atoms with E-state index in [1.54, 1.807) is 4.90 Å². The Balaban J connectivity index is 1.66. The molecule has 0 saturated carbocycles. The summed E-state index contributed by atoms with van der Waals surface area (Å²) in [5.41, 5.74) is 2.69. The van der Waals surface area contributed by atoms with Gasteiger partial charge < -0.3 is 23.8 Å². The maximum absolute atomic E-state index is 13.4. The summed E-state index contributed by atoms with van der Waals surface area (Å²) >= 11 is 0. The highest BCUT2D eigenvalue weighted by Crippen LogP contribution is 2.27. The normalized spacial score (nSPS) is 18.7. The Morgan fingerprint density at radius 1 is 1.11 bits per heavy atom. The van der Waals surface area contributed by atoms with Gasteiger partial charge in [0.1, 0.15) is 11.4 Å². The lowest BCUT2D eigenvalue weighted by molar-refractivity contribution is -0.169. The number of anilines is 2. The Labute approximate surface area is 213 Å². The molecule has 2 aromatic heterocycles. The van der Waals surface area contributed by atoms with Gasteiger partial charge in [-0.1, -0.05) is 6.07 Å². The van der Waals surface area contributed by atoms with Crippen LogP contribution in [-0.4, -0.2) is 60.9 Å². The molecule has 2 aromatic rings. The van der Waals surface area contributed by atoms with E-state index in [-0.39, 0.29) is 12.8 Å². The van der Waals surface area contributed by atoms with Crippen molar-refractivity contribution in [1.82, 2.24) is 9.97 Å². The van der Waals surface area contributed by atoms with E-state index in [4.69, 9.17) is 23.9 Å². The van der Waals surface area contributed by atoms with Crippen molar-refractivity contribution < 1.29 is 23.7 Å². The van der Waals surface area contributed by atoms with Crippen molar-refractivity contribution in [2.45, 2.75) is 72.0 Å². The van der Waals surface area contributed by atoms with Gasteiger partial charge in [-0.2, -0.15) is 0 Å². The van der Waals surface area contributed by atoms with E-state index >= 15 is 0 Å². The van der Waals surface area contributed by atoms with Gasteiger partial charge in [-0.25, -0.2) is 9.78 Å². The number of pyridine rings is 2. The van der Waals surface area contributed by atoms with Crippen LogP contribution in [0.15, 0.2) is 30.3 Å². The smallest absolute Gasteiger partial charge is 0.416 e. The third kappa shape index (κ3) is 7.62. The first-order chi connectivity index (χ1) is 17.3. The van der Waals surface area contributed by atoms with E-state index in [0.29, 0.717) is 32.2 Å². The lowest BCUT2D eigenvalue weighted by atomic mass is 10.2. The standard InChI is InChI=1S/C27H38N4O5/c1-20-8-7-9-21(28-20)18-31(26(32)36-27(2,3)4)24-17-23(30-11-14-33-15-12-30)16-22(29-24)19-35-25-10-5-6-13-34-25/h7-9,16-17,25H,5-6,10-15,18-19H2,1-4H3. The number of amides is 1. The summed E-state index contributed by atoms with van der Waals surface area (Å²) in [6, 6.07) is 9.73. The van der Waals surface area contributed by atoms with Gasteiger partial charge in [-0.3, -0.25) is 9.88 Å². The minimum Gasteiger partial charge on any atom is -0.443 e. The van der Waals surface area contributed by atoms with Crippen LogP contribution in [0.25, 0.3) is 0 Å². The van der Waals surface area contributed by atoms with E-state index in [1.807, 2.05) is 58.0 Å². The van der Waals surface area contributed by atoms with Crippen molar-refractivity contribution in [2.24, 2.45) is 0 Å². The van der Waals surface area contributed by atoms with Crippen LogP contribution in [0.3, 0.4) is 0 Å². The summed E-state index contributed by atoms with van der Waals surface area (Å²) in [6.07, 6.45) is 2.33. The number of rotatable bonds is 7. The first-order valence-electron chi connectivity index (χ1n) is 12.8. The molecule has 4 rings (SSSR count). The molecule has 1 amide bonds. The number of morpholine rings is 1. The van der Waals surface area contributed by atoms with Crippen LogP contribution in [0.4, 0.5) is 16.3 Å². The van der Waals surface area contributed by atoms with Crippen LogP contribution >= 0.6 is 0 Å². The van der Waals surface area contributed by atoms with Crippen molar-refractivity contribution in [2.75, 3.05) is 42.7 Å². The number of hydrogen-bond acceptors (Lipinski definition) is 8. The van der Waals surface area contributed by atoms with Crippen LogP contribution < -0.4 is 9.80 Å². The van der Waals surface area contributed by atoms with Crippen molar-refractivity contribution in [3.63, 3.8) is 0 Å². The van der Waals surface area contributed by atoms with Crippen LogP contribution in [0.1, 0.15) is 57.1 Å². The third-order valence-electron chi connectivity index (χ3n) is 5.94. The predicted octanol–water partition coefficient (Wildman–Crippen LogP) is 4.61. The van der Waals surface area contributed by atoms with Crippen LogP contribution in [0.2, 0.25) is 0 Å². The molecular formula is C27H38N4O5. The molecule has 2 aliphatic heterocycles. The average Bonchev–Trinajstić information content (AvgIpc) is 2.86. The average molecular weight is 499 g/mol. The molecule has 9 heteroatoms. The first-order valence-corrected chi connectivity index (χ1v) is 12.8. The van der Waals surface area contributed by atoms with Gasteiger partial charge in [0, 0.05) is 37.1 Å². The van der Waals surface area contributed by atoms with Crippen LogP contribution in [-0.2, 0) is 32.1 Å². The molecule has 0 aromatic carbocycles. The predicted molar refractivity (Wildman–Crippen MR) is 137 cm³/mol. The number of nitrogens with zero attached hydrogens (tertiary/aromatic N) is 4. The zero-order valence-electron chi connectivity index (χ0n) is 21.9. The monoisotopic (exact) mass is 498 g/mol. The summed E-state index contributed by atoms with van der Waals surface area (Å²) in [7, 11) is 0. The molecule has 4 heterocycles. The Morgan fingerprint density at radius 3 is 2.61 bits per heavy atom. The lowest BCUT2D eigenvalue weighted by Crippen LogP contribution is -2.38. The molecule has 2 aliphatic rings. The quantitative estimate of drug-likeness (QED) is 0.547. The van der Waals surface area contributed by atoms with Gasteiger partial charge >= 0.3 is 6.09 Å². The summed E-state index contributed by atoms with van der Waals surface area (Å²) in [5.74, 6) is 0.500. The highest BCUT2D eigenvalue weighted by Gasteiger charge is 2.27. The van der Waals surface area contributed by atoms with Gasteiger partial charge in [0.25, 0.3) is 0 Å². The van der Waals surface area contributed by atoms with Crippen LogP contribution in [0.5, 0.6) is 0 Å². The number of carbonyl (C=O) groups is 1. The largest absolute Gasteiger partial charge is 0.443 e. The van der Waals surface area contributed by atoms with E-state index < -0.39 is 11.7 Å². The fraction of sp³-hybridized carbons (Fsp3) is 0.593. The van der Waals surface area contributed by atoms with E-state index in [1.165, 1.54) is 0 Å². The third-order valence-corrected chi connectivity index (χ3v) is 5.94. The Hall–Kier alpha value is -2.75. The number of aryl methyl sites for hydroxylation is 1. The summed E-state index contributed by atoms with van der Waals surface area (Å²) in [5, 5.41) is 0. The van der Waals surface area contributed by atoms with Gasteiger partial charge in [-0.05, 0) is 65.2 Å². The lowest BCUT2D eigenvalue weighted by Gasteiger charge is -2.31. The maximum Gasteiger partial charge on any atom is 0.416 e. The van der Waals surface area contributed by atoms with Crippen molar-refractivity contribution >= 4 is 17.6 Å². The van der Waals surface area contributed by atoms with E-state index in [2.05, 4.69) is 9.88 Å². The molecule has 2 saturated heterocycles. The highest BCUT2D eigenvalue weighted by molar-refractivity contribution is 5.87. The molecule has 1 unspecified atom stereocenters. The van der Waals surface area contributed by atoms with Crippen LogP contribution in [0, 0.1) is 6.92 Å². The molecular weight excluding hydrogens is 460 g/mol. The molecule has 0 aliphatic carbocycles. The van der Waals surface area contributed by atoms with E-state index in [9.17, 15) is 4.79 Å². The number of carbonyl (C=O) groups excluding carboxylic acids is 1. The second kappa shape index (κ2) is 12.0. The zero-order valence-corrected chi connectivity index (χ0v) is 21.9. The van der Waals surface area contributed by atoms with Gasteiger partial charge in [0.05, 0.1) is 37.8 Å². The van der Waals surface area contributed by atoms with Gasteiger partial charge in [0.2, 0.25) is 0 Å². The SMILES string of the molecule is Cc1cccc(CN(C(=O)OC(C)(C)C)c2cc(N3CCOCC3)cc(COC3CCCCO3)n2)n1. The molecule has 2 fully saturated rings. The van der Waals surface area contributed by atoms with Crippen molar-refractivity contribution in [1.29, 1.82) is 0 Å². The summed E-state index contributed by atoms with van der Waals surface area (Å²) in [4.78, 5) is 26.6. The van der Waals surface area contributed by atoms with Gasteiger partial charge in [-0.15, -0.1) is 0 Å². The van der Waals surface area contributed by atoms with E-state index in [0.717, 1.165) is 55.1 Å². The Bertz CT molecular complexity index is 1010. The number of aromatic nitrogens is 2. The second-order valence-electron chi connectivity index (χ2n) is 10.2. The van der Waals surface area contributed by atoms with Crippen molar-refractivity contribution in [3.8, 4) is 0 Å². The fourth-order valence-electron chi connectivity index (χ4n) is 4.20. The van der Waals surface area contributed by atoms with Gasteiger partial charge in [0.15, 0.2) is 6.29 Å². The molecule has 0 radical (unpaired) electrons. The Kier molecular flexibility index (Phi) is 8.77. The molecule has 0 bridgehead atoms. The highest BCUT2D eigenvalue weighted by atomic mass is 16.7. The minimum atomic E-state index is -0.651. The molecule has 36 heavy (non-hydrogen) atoms. The van der Waals surface area contributed by atoms with Crippen molar-refractivity contribution in [3.05, 3.63) is 47.4 Å². The fourth-order valence-corrected chi connectivity index (χ4v) is 4.20. The number of ether oxygens (including phenoxy) is 4. The second-order valence-corrected chi connectivity index (χ2v) is 10.2. The molecule has 0 spiro atoms. The zero-order chi connectivity index (χ0) is 25.5. The maximum atomic E-state index is 13.4. The molecule has 1 atom stereocenters. The first kappa shape index (κ1) is 26.3. The molecule has 196 valence electrons.